The second kappa shape index (κ2) is 11.7. The molecule has 204 valence electrons. The molecule has 1 aliphatic heterocycles. The molecule has 0 amide bonds. The van der Waals surface area contributed by atoms with Crippen LogP contribution in [-0.4, -0.2) is 63.9 Å². The number of para-hydroxylation sites is 1. The Morgan fingerprint density at radius 2 is 2.03 bits per heavy atom. The van der Waals surface area contributed by atoms with Crippen molar-refractivity contribution in [3.05, 3.63) is 53.1 Å². The third kappa shape index (κ3) is 6.74. The lowest BCUT2D eigenvalue weighted by Crippen LogP contribution is -2.57. The third-order valence-corrected chi connectivity index (χ3v) is 7.32. The molecule has 0 saturated carbocycles. The van der Waals surface area contributed by atoms with Gasteiger partial charge in [0.15, 0.2) is 6.23 Å². The highest BCUT2D eigenvalue weighted by Crippen LogP contribution is 2.51. The molecule has 0 bridgehead atoms. The number of rotatable bonds is 11. The number of anilines is 1. The van der Waals surface area contributed by atoms with Crippen LogP contribution in [0.5, 0.6) is 5.75 Å². The van der Waals surface area contributed by atoms with Gasteiger partial charge in [0.25, 0.3) is 0 Å². The van der Waals surface area contributed by atoms with E-state index in [9.17, 15) is 23.7 Å². The Labute approximate surface area is 216 Å². The van der Waals surface area contributed by atoms with Crippen molar-refractivity contribution in [3.8, 4) is 5.75 Å². The summed E-state index contributed by atoms with van der Waals surface area (Å²) in [4.78, 5) is 28.3. The zero-order chi connectivity index (χ0) is 29.2. The number of benzene rings is 1. The van der Waals surface area contributed by atoms with Crippen molar-refractivity contribution >= 4 is 19.4 Å². The molecule has 1 unspecified atom stereocenters. The topological polar surface area (TPSA) is 178 Å². The molecule has 37 heavy (non-hydrogen) atoms. The number of aliphatic hydroxyl groups is 1. The fraction of sp³-hybridized carbons (Fsp3) is 0.522. The van der Waals surface area contributed by atoms with Crippen molar-refractivity contribution < 1.29 is 40.1 Å². The van der Waals surface area contributed by atoms with Gasteiger partial charge in [0.1, 0.15) is 36.0 Å². The van der Waals surface area contributed by atoms with Crippen molar-refractivity contribution in [1.82, 2.24) is 9.55 Å². The van der Waals surface area contributed by atoms with Gasteiger partial charge in [-0.25, -0.2) is 13.8 Å². The molecule has 1 aromatic heterocycles. The van der Waals surface area contributed by atoms with Gasteiger partial charge < -0.3 is 30.6 Å². The number of halogens is 1. The van der Waals surface area contributed by atoms with Gasteiger partial charge in [0.2, 0.25) is 0 Å². The highest BCUT2D eigenvalue weighted by molar-refractivity contribution is 7.54. The van der Waals surface area contributed by atoms with Crippen LogP contribution in [0, 0.1) is 5.92 Å². The Bertz CT molecular complexity index is 1270. The highest BCUT2D eigenvalue weighted by Gasteiger charge is 2.56. The molecular weight excluding hydrogens is 510 g/mol. The predicted molar refractivity (Wildman–Crippen MR) is 132 cm³/mol. The number of hydrogen-bond donors (Lipinski definition) is 3. The van der Waals surface area contributed by atoms with Crippen molar-refractivity contribution in [1.29, 1.82) is 0 Å². The summed E-state index contributed by atoms with van der Waals surface area (Å²) in [6, 6.07) is 8.88. The van der Waals surface area contributed by atoms with Gasteiger partial charge in [-0.1, -0.05) is 25.1 Å². The minimum atomic E-state index is -4.55. The van der Waals surface area contributed by atoms with Crippen LogP contribution in [0.4, 0.5) is 10.2 Å². The zero-order valence-corrected chi connectivity index (χ0v) is 21.4. The third-order valence-electron chi connectivity index (χ3n) is 5.46. The lowest BCUT2D eigenvalue weighted by molar-refractivity contribution is -0.151. The van der Waals surface area contributed by atoms with Crippen LogP contribution in [-0.2, 0) is 23.4 Å². The monoisotopic (exact) mass is 544 g/mol. The molecule has 1 aliphatic rings. The molecule has 5 N–H and O–H groups in total. The normalized spacial score (nSPS) is 27.2. The van der Waals surface area contributed by atoms with E-state index in [1.165, 1.54) is 25.1 Å². The first-order valence-electron chi connectivity index (χ1n) is 12.4. The fourth-order valence-corrected chi connectivity index (χ4v) is 5.27. The number of alkyl halides is 1. The SMILES string of the molecule is [2H]C([2H])(O[P@@](=O)(C[C@@H](C)C(=O)OC(C)C)Oc1ccccc1)[C@H]1O[C@@H](n2ccc(N)nc2=O)C(N)(CF)[C@H]1O. The summed E-state index contributed by atoms with van der Waals surface area (Å²) in [5.74, 6) is -1.88. The maximum atomic E-state index is 14.2. The van der Waals surface area contributed by atoms with Crippen molar-refractivity contribution in [3.63, 3.8) is 0 Å². The minimum absolute atomic E-state index is 0.0447. The summed E-state index contributed by atoms with van der Waals surface area (Å²) in [5.41, 5.74) is 8.24. The van der Waals surface area contributed by atoms with E-state index in [1.54, 1.807) is 32.0 Å². The Balaban J connectivity index is 1.95. The molecule has 2 heterocycles. The van der Waals surface area contributed by atoms with Gasteiger partial charge in [0.05, 0.1) is 27.5 Å². The summed E-state index contributed by atoms with van der Waals surface area (Å²) >= 11 is 0. The van der Waals surface area contributed by atoms with Crippen molar-refractivity contribution in [2.24, 2.45) is 11.7 Å². The minimum Gasteiger partial charge on any atom is -0.463 e. The van der Waals surface area contributed by atoms with Gasteiger partial charge >= 0.3 is 19.3 Å². The molecule has 0 radical (unpaired) electrons. The number of carbonyl (C=O) groups excluding carboxylic acids is 1. The van der Waals surface area contributed by atoms with Gasteiger partial charge in [-0.15, -0.1) is 0 Å². The number of nitrogen functional groups attached to an aromatic ring is 1. The number of esters is 1. The second-order valence-electron chi connectivity index (χ2n) is 8.94. The number of aromatic nitrogens is 2. The number of nitrogens with two attached hydrogens (primary N) is 2. The standard InChI is InChI=1S/C23H32FN4O8P/c1-14(2)34-20(30)15(3)12-37(32,36-16-7-5-4-6-8-16)33-11-17-19(29)23(26,13-24)21(35-17)28-10-9-18(25)27-22(28)31/h4-10,14-15,17,19,21,29H,11-13,26H2,1-3H3,(H2,25,27,31)/t15-,17-,19+,21-,23?,37+/m1/s1/i11D2. The second-order valence-corrected chi connectivity index (χ2v) is 10.9. The number of hydrogen-bond acceptors (Lipinski definition) is 11. The Kier molecular flexibility index (Phi) is 8.16. The van der Waals surface area contributed by atoms with E-state index in [2.05, 4.69) is 4.98 Å². The van der Waals surface area contributed by atoms with Crippen LogP contribution >= 0.6 is 7.60 Å². The molecule has 14 heteroatoms. The Morgan fingerprint density at radius 1 is 1.35 bits per heavy atom. The maximum absolute atomic E-state index is 14.2. The molecule has 0 aliphatic carbocycles. The molecule has 1 saturated heterocycles. The van der Waals surface area contributed by atoms with E-state index < -0.39 is 74.6 Å². The molecule has 6 atom stereocenters. The molecule has 0 spiro atoms. The number of aliphatic hydroxyl groups excluding tert-OH is 1. The fourth-order valence-electron chi connectivity index (χ4n) is 3.56. The average molecular weight is 545 g/mol. The first kappa shape index (κ1) is 25.8. The van der Waals surface area contributed by atoms with Crippen LogP contribution in [0.2, 0.25) is 0 Å². The van der Waals surface area contributed by atoms with E-state index in [1.807, 2.05) is 0 Å². The van der Waals surface area contributed by atoms with E-state index in [0.29, 0.717) is 0 Å². The molecule has 1 fully saturated rings. The van der Waals surface area contributed by atoms with Gasteiger partial charge in [-0.05, 0) is 32.0 Å². The highest BCUT2D eigenvalue weighted by atomic mass is 31.2. The number of carbonyl (C=O) groups is 1. The van der Waals surface area contributed by atoms with E-state index in [-0.39, 0.29) is 11.6 Å². The van der Waals surface area contributed by atoms with E-state index in [0.717, 1.165) is 10.8 Å². The quantitative estimate of drug-likeness (QED) is 0.277. The largest absolute Gasteiger partial charge is 0.463 e. The van der Waals surface area contributed by atoms with Gasteiger partial charge in [-0.2, -0.15) is 4.98 Å². The lowest BCUT2D eigenvalue weighted by Gasteiger charge is -2.30. The zero-order valence-electron chi connectivity index (χ0n) is 22.5. The van der Waals surface area contributed by atoms with Gasteiger partial charge in [-0.3, -0.25) is 13.9 Å². The van der Waals surface area contributed by atoms with Crippen molar-refractivity contribution in [2.45, 2.75) is 50.8 Å². The molecule has 3 rings (SSSR count). The predicted octanol–water partition coefficient (Wildman–Crippen LogP) is 1.63. The van der Waals surface area contributed by atoms with Crippen LogP contribution in [0.1, 0.15) is 29.7 Å². The van der Waals surface area contributed by atoms with Crippen LogP contribution in [0.3, 0.4) is 0 Å². The van der Waals surface area contributed by atoms with E-state index in [4.69, 9.17) is 32.7 Å². The smallest absolute Gasteiger partial charge is 0.380 e. The summed E-state index contributed by atoms with van der Waals surface area (Å²) < 4.78 is 67.5. The van der Waals surface area contributed by atoms with Crippen LogP contribution < -0.4 is 21.7 Å². The maximum Gasteiger partial charge on any atom is 0.380 e. The van der Waals surface area contributed by atoms with E-state index >= 15 is 0 Å². The molecular formula is C23H32FN4O8P. The Hall–Kier alpha value is -2.83. The lowest BCUT2D eigenvalue weighted by atomic mass is 9.92. The first-order chi connectivity index (χ1) is 18.1. The summed E-state index contributed by atoms with van der Waals surface area (Å²) in [6.07, 6.45) is -5.87. The van der Waals surface area contributed by atoms with Crippen molar-refractivity contribution in [2.75, 3.05) is 25.1 Å². The summed E-state index contributed by atoms with van der Waals surface area (Å²) in [5, 5.41) is 10.9. The Morgan fingerprint density at radius 3 is 2.62 bits per heavy atom. The van der Waals surface area contributed by atoms with Crippen LogP contribution in [0.25, 0.3) is 0 Å². The molecule has 1 aromatic carbocycles. The first-order valence-corrected chi connectivity index (χ1v) is 13.1. The summed E-state index contributed by atoms with van der Waals surface area (Å²) in [6.45, 7) is 0.0707. The van der Waals surface area contributed by atoms with Crippen LogP contribution in [0.15, 0.2) is 47.4 Å². The number of nitrogens with zero attached hydrogens (tertiary/aromatic N) is 2. The molecule has 2 aromatic rings. The number of ether oxygens (including phenoxy) is 2. The average Bonchev–Trinajstić information content (AvgIpc) is 3.10. The van der Waals surface area contributed by atoms with Gasteiger partial charge in [0, 0.05) is 6.20 Å². The summed E-state index contributed by atoms with van der Waals surface area (Å²) in [7, 11) is -4.55. The molecule has 12 nitrogen and oxygen atoms in total.